The summed E-state index contributed by atoms with van der Waals surface area (Å²) >= 11 is 0. The van der Waals surface area contributed by atoms with Crippen LogP contribution >= 0.6 is 0 Å². The molecule has 1 aromatic rings. The van der Waals surface area contributed by atoms with E-state index in [1.165, 1.54) is 12.1 Å². The molecular weight excluding hydrogens is 231 g/mol. The monoisotopic (exact) mass is 240 g/mol. The Hall–Kier alpha value is -2.84. The summed E-state index contributed by atoms with van der Waals surface area (Å²) in [7, 11) is 0. The molecule has 0 saturated heterocycles. The SMILES string of the molecule is Cc1c(F)ccc(NC(C#N)=C(C#N)C#N)c1C. The van der Waals surface area contributed by atoms with Crippen LogP contribution in [0.5, 0.6) is 0 Å². The van der Waals surface area contributed by atoms with Gasteiger partial charge in [0.15, 0.2) is 5.57 Å². The molecule has 0 spiro atoms. The molecule has 1 N–H and O–H groups in total. The first-order chi connectivity index (χ1) is 8.54. The van der Waals surface area contributed by atoms with Gasteiger partial charge in [0.05, 0.1) is 0 Å². The van der Waals surface area contributed by atoms with E-state index in [1.54, 1.807) is 32.1 Å². The zero-order valence-corrected chi connectivity index (χ0v) is 9.87. The predicted molar refractivity (Wildman–Crippen MR) is 63.4 cm³/mol. The zero-order valence-electron chi connectivity index (χ0n) is 9.87. The van der Waals surface area contributed by atoms with Crippen LogP contribution in [-0.2, 0) is 0 Å². The third kappa shape index (κ3) is 2.45. The van der Waals surface area contributed by atoms with Gasteiger partial charge in [0.1, 0.15) is 29.7 Å². The third-order valence-corrected chi connectivity index (χ3v) is 2.57. The summed E-state index contributed by atoms with van der Waals surface area (Å²) in [4.78, 5) is 0. The zero-order chi connectivity index (χ0) is 13.7. The van der Waals surface area contributed by atoms with Crippen LogP contribution < -0.4 is 5.32 Å². The first-order valence-corrected chi connectivity index (χ1v) is 5.02. The number of allylic oxidation sites excluding steroid dienone is 2. The quantitative estimate of drug-likeness (QED) is 0.805. The number of halogens is 1. The number of anilines is 1. The first kappa shape index (κ1) is 13.2. The van der Waals surface area contributed by atoms with E-state index in [0.29, 0.717) is 16.8 Å². The molecule has 18 heavy (non-hydrogen) atoms. The Balaban J connectivity index is 3.26. The number of benzene rings is 1. The van der Waals surface area contributed by atoms with Gasteiger partial charge in [-0.15, -0.1) is 0 Å². The van der Waals surface area contributed by atoms with Gasteiger partial charge >= 0.3 is 0 Å². The number of nitrogens with one attached hydrogen (secondary N) is 1. The summed E-state index contributed by atoms with van der Waals surface area (Å²) in [5.41, 5.74) is 1.12. The standard InChI is InChI=1S/C13H9FN4/c1-8-9(2)12(4-3-11(8)14)18-13(7-17)10(5-15)6-16/h3-4,18H,1-2H3. The molecule has 0 amide bonds. The van der Waals surface area contributed by atoms with Gasteiger partial charge in [0.25, 0.3) is 0 Å². The molecule has 1 rings (SSSR count). The van der Waals surface area contributed by atoms with Gasteiger partial charge in [-0.05, 0) is 37.1 Å². The number of nitrogens with zero attached hydrogens (tertiary/aromatic N) is 3. The van der Waals surface area contributed by atoms with E-state index in [1.807, 2.05) is 0 Å². The Labute approximate surface area is 104 Å². The van der Waals surface area contributed by atoms with Gasteiger partial charge in [-0.25, -0.2) is 4.39 Å². The summed E-state index contributed by atoms with van der Waals surface area (Å²) in [6.07, 6.45) is 0. The molecule has 0 unspecified atom stereocenters. The van der Waals surface area contributed by atoms with Crippen LogP contribution in [0.3, 0.4) is 0 Å². The van der Waals surface area contributed by atoms with Crippen molar-refractivity contribution in [1.29, 1.82) is 15.8 Å². The Bertz CT molecular complexity index is 623. The summed E-state index contributed by atoms with van der Waals surface area (Å²) in [5, 5.41) is 28.9. The van der Waals surface area contributed by atoms with Crippen LogP contribution in [-0.4, -0.2) is 0 Å². The first-order valence-electron chi connectivity index (χ1n) is 5.02. The highest BCUT2D eigenvalue weighted by Gasteiger charge is 2.10. The molecular formula is C13H9FN4. The smallest absolute Gasteiger partial charge is 0.163 e. The summed E-state index contributed by atoms with van der Waals surface area (Å²) in [6, 6.07) is 7.72. The molecule has 0 fully saturated rings. The maximum atomic E-state index is 13.3. The van der Waals surface area contributed by atoms with Gasteiger partial charge < -0.3 is 5.32 Å². The van der Waals surface area contributed by atoms with Crippen molar-refractivity contribution in [3.63, 3.8) is 0 Å². The predicted octanol–water partition coefficient (Wildman–Crippen LogP) is 2.68. The summed E-state index contributed by atoms with van der Waals surface area (Å²) in [5.74, 6) is -0.346. The lowest BCUT2D eigenvalue weighted by molar-refractivity contribution is 0.617. The van der Waals surface area contributed by atoms with Crippen molar-refractivity contribution in [1.82, 2.24) is 0 Å². The maximum Gasteiger partial charge on any atom is 0.163 e. The van der Waals surface area contributed by atoms with E-state index in [9.17, 15) is 4.39 Å². The van der Waals surface area contributed by atoms with E-state index >= 15 is 0 Å². The van der Waals surface area contributed by atoms with Crippen LogP contribution in [0.4, 0.5) is 10.1 Å². The van der Waals surface area contributed by atoms with Gasteiger partial charge in [-0.2, -0.15) is 15.8 Å². The Morgan fingerprint density at radius 2 is 1.67 bits per heavy atom. The average molecular weight is 240 g/mol. The van der Waals surface area contributed by atoms with Gasteiger partial charge in [0.2, 0.25) is 0 Å². The second-order valence-corrected chi connectivity index (χ2v) is 3.56. The Morgan fingerprint density at radius 3 is 2.17 bits per heavy atom. The van der Waals surface area contributed by atoms with Gasteiger partial charge in [-0.1, -0.05) is 0 Å². The fourth-order valence-electron chi connectivity index (χ4n) is 1.34. The molecule has 0 aliphatic carbocycles. The molecule has 88 valence electrons. The third-order valence-electron chi connectivity index (χ3n) is 2.57. The van der Waals surface area contributed by atoms with Gasteiger partial charge in [-0.3, -0.25) is 0 Å². The molecule has 0 saturated carbocycles. The topological polar surface area (TPSA) is 83.4 Å². The lowest BCUT2D eigenvalue weighted by atomic mass is 10.1. The maximum absolute atomic E-state index is 13.3. The fraction of sp³-hybridized carbons (Fsp3) is 0.154. The molecule has 4 nitrogen and oxygen atoms in total. The van der Waals surface area contributed by atoms with Crippen molar-refractivity contribution >= 4 is 5.69 Å². The van der Waals surface area contributed by atoms with Crippen molar-refractivity contribution in [2.24, 2.45) is 0 Å². The van der Waals surface area contributed by atoms with E-state index in [-0.39, 0.29) is 17.1 Å². The minimum absolute atomic E-state index is 0.144. The highest BCUT2D eigenvalue weighted by atomic mass is 19.1. The highest BCUT2D eigenvalue weighted by molar-refractivity contribution is 5.62. The van der Waals surface area contributed by atoms with E-state index in [4.69, 9.17) is 15.8 Å². The molecule has 0 radical (unpaired) electrons. The second kappa shape index (κ2) is 5.48. The lowest BCUT2D eigenvalue weighted by Crippen LogP contribution is -2.03. The number of rotatable bonds is 2. The molecule has 0 heterocycles. The second-order valence-electron chi connectivity index (χ2n) is 3.56. The van der Waals surface area contributed by atoms with Crippen LogP contribution in [0, 0.1) is 53.7 Å². The van der Waals surface area contributed by atoms with E-state index in [0.717, 1.165) is 0 Å². The number of hydrogen-bond acceptors (Lipinski definition) is 4. The molecule has 5 heteroatoms. The van der Waals surface area contributed by atoms with Crippen LogP contribution in [0.1, 0.15) is 11.1 Å². The largest absolute Gasteiger partial charge is 0.345 e. The van der Waals surface area contributed by atoms with E-state index < -0.39 is 0 Å². The van der Waals surface area contributed by atoms with Crippen LogP contribution in [0.15, 0.2) is 23.4 Å². The number of hydrogen-bond donors (Lipinski definition) is 1. The normalized spacial score (nSPS) is 8.67. The van der Waals surface area contributed by atoms with Gasteiger partial charge in [0, 0.05) is 5.69 Å². The van der Waals surface area contributed by atoms with Crippen molar-refractivity contribution in [2.45, 2.75) is 13.8 Å². The number of nitriles is 3. The van der Waals surface area contributed by atoms with Crippen molar-refractivity contribution < 1.29 is 4.39 Å². The molecule has 0 aliphatic rings. The molecule has 0 atom stereocenters. The van der Waals surface area contributed by atoms with Crippen LogP contribution in [0.2, 0.25) is 0 Å². The molecule has 0 bridgehead atoms. The molecule has 0 aromatic heterocycles. The highest BCUT2D eigenvalue weighted by Crippen LogP contribution is 2.22. The summed E-state index contributed by atoms with van der Waals surface area (Å²) < 4.78 is 13.3. The van der Waals surface area contributed by atoms with Crippen molar-refractivity contribution in [2.75, 3.05) is 5.32 Å². The molecule has 1 aromatic carbocycles. The van der Waals surface area contributed by atoms with Crippen LogP contribution in [0.25, 0.3) is 0 Å². The average Bonchev–Trinajstić information content (AvgIpc) is 2.38. The van der Waals surface area contributed by atoms with E-state index in [2.05, 4.69) is 5.32 Å². The minimum Gasteiger partial charge on any atom is -0.345 e. The lowest BCUT2D eigenvalue weighted by Gasteiger charge is -2.11. The Kier molecular flexibility index (Phi) is 4.02. The van der Waals surface area contributed by atoms with Crippen molar-refractivity contribution in [3.05, 3.63) is 40.3 Å². The summed E-state index contributed by atoms with van der Waals surface area (Å²) in [6.45, 7) is 3.30. The van der Waals surface area contributed by atoms with Crippen molar-refractivity contribution in [3.8, 4) is 18.2 Å². The fourth-order valence-corrected chi connectivity index (χ4v) is 1.34. The Morgan fingerprint density at radius 1 is 1.06 bits per heavy atom. The molecule has 0 aliphatic heterocycles. The minimum atomic E-state index is -0.346.